The van der Waals surface area contributed by atoms with Crippen LogP contribution in [-0.4, -0.2) is 52.4 Å². The molecule has 0 amide bonds. The van der Waals surface area contributed by atoms with E-state index in [0.29, 0.717) is 34.6 Å². The summed E-state index contributed by atoms with van der Waals surface area (Å²) in [6.45, 7) is 1.21. The first kappa shape index (κ1) is 22.8. The van der Waals surface area contributed by atoms with Crippen molar-refractivity contribution in [3.8, 4) is 10.4 Å². The first-order chi connectivity index (χ1) is 16.5. The van der Waals surface area contributed by atoms with Crippen molar-refractivity contribution in [3.63, 3.8) is 0 Å². The summed E-state index contributed by atoms with van der Waals surface area (Å²) in [6, 6.07) is 6.17. The van der Waals surface area contributed by atoms with E-state index in [9.17, 15) is 20.0 Å². The Hall–Kier alpha value is -2.98. The maximum atomic E-state index is 12.7. The smallest absolute Gasteiger partial charge is 0.347 e. The Morgan fingerprint density at radius 2 is 2.09 bits per heavy atom. The molecule has 2 aromatic heterocycles. The van der Waals surface area contributed by atoms with Gasteiger partial charge in [0.05, 0.1) is 29.4 Å². The van der Waals surface area contributed by atoms with Crippen LogP contribution >= 0.6 is 11.3 Å². The average Bonchev–Trinajstić information content (AvgIpc) is 3.59. The van der Waals surface area contributed by atoms with Crippen LogP contribution in [0.2, 0.25) is 0 Å². The van der Waals surface area contributed by atoms with Gasteiger partial charge >= 0.3 is 11.7 Å². The third-order valence-corrected chi connectivity index (χ3v) is 8.36. The molecule has 180 valence electrons. The van der Waals surface area contributed by atoms with Crippen LogP contribution in [0.4, 0.5) is 10.7 Å². The van der Waals surface area contributed by atoms with E-state index in [2.05, 4.69) is 9.55 Å². The lowest BCUT2D eigenvalue weighted by atomic mass is 9.95. The lowest BCUT2D eigenvalue weighted by Gasteiger charge is -2.23. The number of hydrogen-bond acceptors (Lipinski definition) is 8. The fourth-order valence-electron chi connectivity index (χ4n) is 5.28. The normalized spacial score (nSPS) is 19.1. The minimum atomic E-state index is -0.723. The van der Waals surface area contributed by atoms with Crippen LogP contribution in [0.15, 0.2) is 24.5 Å². The minimum absolute atomic E-state index is 0.0149. The molecule has 10 heteroatoms. The number of aliphatic hydroxyl groups is 1. The molecular formula is C24H28N4O5S. The van der Waals surface area contributed by atoms with Gasteiger partial charge in [-0.15, -0.1) is 11.3 Å². The van der Waals surface area contributed by atoms with Crippen molar-refractivity contribution in [1.29, 1.82) is 0 Å². The van der Waals surface area contributed by atoms with E-state index in [4.69, 9.17) is 4.74 Å². The molecule has 3 aromatic rings. The molecule has 1 aromatic carbocycles. The number of benzene rings is 1. The van der Waals surface area contributed by atoms with Crippen LogP contribution in [0.1, 0.15) is 54.9 Å². The Labute approximate surface area is 201 Å². The lowest BCUT2D eigenvalue weighted by Crippen LogP contribution is -2.22. The van der Waals surface area contributed by atoms with Gasteiger partial charge in [0.25, 0.3) is 0 Å². The fourth-order valence-corrected chi connectivity index (χ4v) is 6.57. The molecule has 1 aliphatic carbocycles. The number of fused-ring (bicyclic) bond motifs is 1. The Bertz CT molecular complexity index is 1230. The van der Waals surface area contributed by atoms with Crippen LogP contribution in [0, 0.1) is 16.0 Å². The molecule has 3 heterocycles. The molecule has 2 fully saturated rings. The number of ether oxygens (including phenoxy) is 1. The van der Waals surface area contributed by atoms with Gasteiger partial charge in [-0.25, -0.2) is 9.78 Å². The number of anilines is 1. The van der Waals surface area contributed by atoms with Crippen LogP contribution in [-0.2, 0) is 4.74 Å². The molecule has 1 saturated carbocycles. The van der Waals surface area contributed by atoms with Gasteiger partial charge in [-0.1, -0.05) is 25.3 Å². The first-order valence-electron chi connectivity index (χ1n) is 11.7. The van der Waals surface area contributed by atoms with Crippen molar-refractivity contribution in [2.24, 2.45) is 5.92 Å². The van der Waals surface area contributed by atoms with Gasteiger partial charge in [0.1, 0.15) is 9.88 Å². The number of methoxy groups -OCH3 is 1. The zero-order valence-electron chi connectivity index (χ0n) is 19.1. The van der Waals surface area contributed by atoms with Gasteiger partial charge in [-0.2, -0.15) is 0 Å². The van der Waals surface area contributed by atoms with Crippen LogP contribution in [0.25, 0.3) is 21.5 Å². The Morgan fingerprint density at radius 1 is 1.29 bits per heavy atom. The summed E-state index contributed by atoms with van der Waals surface area (Å²) < 4.78 is 7.17. The summed E-state index contributed by atoms with van der Waals surface area (Å²) in [4.78, 5) is 31.4. The highest BCUT2D eigenvalue weighted by Crippen LogP contribution is 2.48. The number of thiophene rings is 1. The number of carbonyl (C=O) groups is 1. The minimum Gasteiger partial charge on any atom is -0.465 e. The van der Waals surface area contributed by atoms with E-state index in [0.717, 1.165) is 30.3 Å². The molecule has 1 aliphatic heterocycles. The first-order valence-corrected chi connectivity index (χ1v) is 12.6. The third kappa shape index (κ3) is 3.94. The number of nitrogens with zero attached hydrogens (tertiary/aromatic N) is 4. The maximum Gasteiger partial charge on any atom is 0.347 e. The zero-order chi connectivity index (χ0) is 23.8. The summed E-state index contributed by atoms with van der Waals surface area (Å²) in [5.74, 6) is -0.644. The van der Waals surface area contributed by atoms with Crippen LogP contribution in [0.3, 0.4) is 0 Å². The third-order valence-electron chi connectivity index (χ3n) is 7.07. The molecule has 9 nitrogen and oxygen atoms in total. The molecular weight excluding hydrogens is 456 g/mol. The highest BCUT2D eigenvalue weighted by Gasteiger charge is 2.37. The topological polar surface area (TPSA) is 111 Å². The maximum absolute atomic E-state index is 12.7. The fraction of sp³-hybridized carbons (Fsp3) is 0.500. The van der Waals surface area contributed by atoms with E-state index >= 15 is 0 Å². The van der Waals surface area contributed by atoms with E-state index in [-0.39, 0.29) is 23.8 Å². The summed E-state index contributed by atoms with van der Waals surface area (Å²) in [7, 11) is 1.23. The standard InChI is InChI=1S/C24H28N4O5S/c1-33-24(30)20-21(28(31)32)22(34-23(20)26-10-9-15(12-26)13-29)16-7-8-19-18(11-16)25-14-27(19)17-5-3-2-4-6-17/h7-8,11,14-15,17,29H,2-6,9-10,12-13H2,1H3. The molecule has 0 radical (unpaired) electrons. The largest absolute Gasteiger partial charge is 0.465 e. The number of nitro groups is 1. The molecule has 1 unspecified atom stereocenters. The van der Waals surface area contributed by atoms with Gasteiger partial charge < -0.3 is 19.3 Å². The van der Waals surface area contributed by atoms with Gasteiger partial charge in [-0.3, -0.25) is 10.1 Å². The number of esters is 1. The van der Waals surface area contributed by atoms with E-state index in [1.165, 1.54) is 37.7 Å². The Balaban J connectivity index is 1.60. The molecule has 0 bridgehead atoms. The number of aliphatic hydroxyl groups excluding tert-OH is 1. The van der Waals surface area contributed by atoms with Crippen molar-refractivity contribution in [2.45, 2.75) is 44.6 Å². The molecule has 0 spiro atoms. The monoisotopic (exact) mass is 484 g/mol. The number of carbonyl (C=O) groups excluding carboxylic acids is 1. The van der Waals surface area contributed by atoms with E-state index < -0.39 is 10.9 Å². The average molecular weight is 485 g/mol. The van der Waals surface area contributed by atoms with Crippen molar-refractivity contribution in [1.82, 2.24) is 9.55 Å². The second-order valence-corrected chi connectivity index (χ2v) is 10.1. The van der Waals surface area contributed by atoms with Crippen LogP contribution in [0.5, 0.6) is 0 Å². The van der Waals surface area contributed by atoms with Crippen LogP contribution < -0.4 is 4.90 Å². The van der Waals surface area contributed by atoms with Crippen molar-refractivity contribution >= 4 is 39.0 Å². The lowest BCUT2D eigenvalue weighted by molar-refractivity contribution is -0.384. The van der Waals surface area contributed by atoms with Crippen molar-refractivity contribution in [2.75, 3.05) is 31.7 Å². The number of aromatic nitrogens is 2. The predicted octanol–water partition coefficient (Wildman–Crippen LogP) is 4.78. The van der Waals surface area contributed by atoms with Gasteiger partial charge in [0, 0.05) is 37.2 Å². The highest BCUT2D eigenvalue weighted by molar-refractivity contribution is 7.20. The Kier molecular flexibility index (Phi) is 6.26. The molecule has 2 aliphatic rings. The van der Waals surface area contributed by atoms with Gasteiger partial charge in [0.15, 0.2) is 5.56 Å². The summed E-state index contributed by atoms with van der Waals surface area (Å²) in [5, 5.41) is 22.3. The van der Waals surface area contributed by atoms with E-state index in [1.54, 1.807) is 0 Å². The number of hydrogen-bond donors (Lipinski definition) is 1. The second kappa shape index (κ2) is 9.34. The van der Waals surface area contributed by atoms with Gasteiger partial charge in [0.2, 0.25) is 0 Å². The number of rotatable bonds is 6. The Morgan fingerprint density at radius 3 is 2.76 bits per heavy atom. The molecule has 1 N–H and O–H groups in total. The molecule has 1 saturated heterocycles. The van der Waals surface area contributed by atoms with Crippen molar-refractivity contribution < 1.29 is 19.6 Å². The second-order valence-electron chi connectivity index (χ2n) is 9.14. The van der Waals surface area contributed by atoms with E-state index in [1.807, 2.05) is 29.4 Å². The quantitative estimate of drug-likeness (QED) is 0.304. The van der Waals surface area contributed by atoms with Gasteiger partial charge in [-0.05, 0) is 31.4 Å². The number of imidazole rings is 1. The summed E-state index contributed by atoms with van der Waals surface area (Å²) in [5.41, 5.74) is 2.22. The molecule has 34 heavy (non-hydrogen) atoms. The summed E-state index contributed by atoms with van der Waals surface area (Å²) in [6.07, 6.45) is 8.63. The molecule has 1 atom stereocenters. The highest BCUT2D eigenvalue weighted by atomic mass is 32.1. The predicted molar refractivity (Wildman–Crippen MR) is 131 cm³/mol. The summed E-state index contributed by atoms with van der Waals surface area (Å²) >= 11 is 1.23. The zero-order valence-corrected chi connectivity index (χ0v) is 19.9. The van der Waals surface area contributed by atoms with Crippen molar-refractivity contribution in [3.05, 3.63) is 40.2 Å². The molecule has 5 rings (SSSR count). The SMILES string of the molecule is COC(=O)c1c(N2CCC(CO)C2)sc(-c2ccc3c(c2)ncn3C2CCCCC2)c1[N+](=O)[O-].